The van der Waals surface area contributed by atoms with Crippen molar-refractivity contribution in [1.82, 2.24) is 0 Å². The molecule has 0 amide bonds. The summed E-state index contributed by atoms with van der Waals surface area (Å²) in [6.07, 6.45) is 0. The first kappa shape index (κ1) is 20.2. The van der Waals surface area contributed by atoms with Crippen molar-refractivity contribution in [2.24, 2.45) is 4.40 Å². The van der Waals surface area contributed by atoms with Crippen LogP contribution < -0.4 is 0 Å². The van der Waals surface area contributed by atoms with E-state index >= 15 is 0 Å². The first-order chi connectivity index (χ1) is 13.8. The quantitative estimate of drug-likeness (QED) is 0.227. The van der Waals surface area contributed by atoms with Gasteiger partial charge in [-0.3, -0.25) is 20.2 Å². The van der Waals surface area contributed by atoms with Crippen LogP contribution >= 0.6 is 11.9 Å². The Morgan fingerprint density at radius 2 is 1.31 bits per heavy atom. The van der Waals surface area contributed by atoms with Crippen LogP contribution in [0.5, 0.6) is 0 Å². The molecule has 3 rings (SSSR count). The topological polar surface area (TPSA) is 98.6 Å². The smallest absolute Gasteiger partial charge is 0.258 e. The lowest BCUT2D eigenvalue weighted by molar-refractivity contribution is -0.396. The van der Waals surface area contributed by atoms with Crippen LogP contribution in [0.25, 0.3) is 0 Å². The van der Waals surface area contributed by atoms with Gasteiger partial charge in [0, 0.05) is 29.1 Å². The SMILES string of the molecule is Cc1ccc(C(=NSc2ccc([N+](=O)[O-])cc2[N+](=O)[O-])c2ccc(C)cc2)cc1. The number of hydrogen-bond donors (Lipinski definition) is 0. The molecule has 0 radical (unpaired) electrons. The van der Waals surface area contributed by atoms with Crippen LogP contribution in [0.1, 0.15) is 22.3 Å². The minimum atomic E-state index is -0.658. The first-order valence-corrected chi connectivity index (χ1v) is 9.44. The van der Waals surface area contributed by atoms with E-state index in [1.54, 1.807) is 0 Å². The molecule has 0 atom stereocenters. The second-order valence-electron chi connectivity index (χ2n) is 6.43. The number of benzene rings is 3. The Morgan fingerprint density at radius 3 is 1.76 bits per heavy atom. The third-order valence-corrected chi connectivity index (χ3v) is 5.05. The number of rotatable bonds is 6. The molecule has 0 aliphatic rings. The Morgan fingerprint density at radius 1 is 0.793 bits per heavy atom. The van der Waals surface area contributed by atoms with Crippen LogP contribution in [0.4, 0.5) is 11.4 Å². The molecule has 0 saturated carbocycles. The van der Waals surface area contributed by atoms with Crippen LogP contribution in [0, 0.1) is 34.1 Å². The number of aryl methyl sites for hydroxylation is 2. The van der Waals surface area contributed by atoms with E-state index in [2.05, 4.69) is 4.40 Å². The molecule has 0 spiro atoms. The zero-order valence-electron chi connectivity index (χ0n) is 15.7. The summed E-state index contributed by atoms with van der Waals surface area (Å²) in [4.78, 5) is 21.2. The van der Waals surface area contributed by atoms with Gasteiger partial charge in [0.1, 0.15) is 4.90 Å². The summed E-state index contributed by atoms with van der Waals surface area (Å²) in [6, 6.07) is 19.2. The second kappa shape index (κ2) is 8.66. The fourth-order valence-corrected chi connectivity index (χ4v) is 3.39. The molecule has 0 saturated heterocycles. The van der Waals surface area contributed by atoms with Crippen molar-refractivity contribution in [3.63, 3.8) is 0 Å². The van der Waals surface area contributed by atoms with E-state index in [9.17, 15) is 20.2 Å². The summed E-state index contributed by atoms with van der Waals surface area (Å²) in [5.41, 5.74) is 3.95. The van der Waals surface area contributed by atoms with Crippen LogP contribution in [0.3, 0.4) is 0 Å². The molecule has 3 aromatic carbocycles. The van der Waals surface area contributed by atoms with Crippen molar-refractivity contribution < 1.29 is 9.85 Å². The lowest BCUT2D eigenvalue weighted by Gasteiger charge is -2.08. The van der Waals surface area contributed by atoms with Gasteiger partial charge < -0.3 is 0 Å². The van der Waals surface area contributed by atoms with Gasteiger partial charge >= 0.3 is 0 Å². The summed E-state index contributed by atoms with van der Waals surface area (Å²) >= 11 is 0.926. The molecule has 0 fully saturated rings. The number of hydrogen-bond acceptors (Lipinski definition) is 6. The third kappa shape index (κ3) is 4.85. The zero-order valence-corrected chi connectivity index (χ0v) is 16.6. The van der Waals surface area contributed by atoms with Crippen LogP contribution in [0.2, 0.25) is 0 Å². The highest BCUT2D eigenvalue weighted by molar-refractivity contribution is 7.98. The van der Waals surface area contributed by atoms with Gasteiger partial charge in [0.15, 0.2) is 0 Å². The summed E-state index contributed by atoms with van der Waals surface area (Å²) in [7, 11) is 0. The normalized spacial score (nSPS) is 10.4. The summed E-state index contributed by atoms with van der Waals surface area (Å²) in [5.74, 6) is 0. The van der Waals surface area contributed by atoms with Crippen molar-refractivity contribution in [3.05, 3.63) is 109 Å². The van der Waals surface area contributed by atoms with E-state index in [1.807, 2.05) is 62.4 Å². The van der Waals surface area contributed by atoms with Crippen molar-refractivity contribution >= 4 is 29.0 Å². The Labute approximate surface area is 171 Å². The van der Waals surface area contributed by atoms with Crippen LogP contribution in [-0.2, 0) is 0 Å². The van der Waals surface area contributed by atoms with Crippen LogP contribution in [-0.4, -0.2) is 15.6 Å². The average molecular weight is 407 g/mol. The third-order valence-electron chi connectivity index (χ3n) is 4.24. The van der Waals surface area contributed by atoms with E-state index in [1.165, 1.54) is 12.1 Å². The highest BCUT2D eigenvalue weighted by Gasteiger charge is 2.20. The van der Waals surface area contributed by atoms with Gasteiger partial charge in [-0.2, -0.15) is 0 Å². The highest BCUT2D eigenvalue weighted by Crippen LogP contribution is 2.34. The first-order valence-electron chi connectivity index (χ1n) is 8.67. The maximum atomic E-state index is 11.4. The fraction of sp³-hybridized carbons (Fsp3) is 0.0952. The van der Waals surface area contributed by atoms with Crippen molar-refractivity contribution in [2.75, 3.05) is 0 Å². The van der Waals surface area contributed by atoms with Crippen molar-refractivity contribution in [3.8, 4) is 0 Å². The fourth-order valence-electron chi connectivity index (χ4n) is 2.63. The molecule has 0 unspecified atom stereocenters. The average Bonchev–Trinajstić information content (AvgIpc) is 2.70. The number of nitro benzene ring substituents is 2. The molecule has 0 aromatic heterocycles. The lowest BCUT2D eigenvalue weighted by atomic mass is 10.0. The van der Waals surface area contributed by atoms with E-state index < -0.39 is 9.85 Å². The molecule has 3 aromatic rings. The van der Waals surface area contributed by atoms with E-state index in [0.717, 1.165) is 40.3 Å². The molecular formula is C21H17N3O4S. The molecular weight excluding hydrogens is 390 g/mol. The van der Waals surface area contributed by atoms with Crippen molar-refractivity contribution in [2.45, 2.75) is 18.7 Å². The minimum absolute atomic E-state index is 0.234. The second-order valence-corrected chi connectivity index (χ2v) is 7.23. The Balaban J connectivity index is 2.05. The molecule has 0 bridgehead atoms. The number of nitrogens with zero attached hydrogens (tertiary/aromatic N) is 3. The maximum absolute atomic E-state index is 11.4. The predicted molar refractivity (Wildman–Crippen MR) is 114 cm³/mol. The molecule has 8 heteroatoms. The Kier molecular flexibility index (Phi) is 6.04. The number of nitro groups is 2. The summed E-state index contributed by atoms with van der Waals surface area (Å²) in [5, 5.41) is 22.3. The molecule has 146 valence electrons. The van der Waals surface area contributed by atoms with E-state index in [0.29, 0.717) is 5.71 Å². The summed E-state index contributed by atoms with van der Waals surface area (Å²) < 4.78 is 4.57. The van der Waals surface area contributed by atoms with Gasteiger partial charge in [0.25, 0.3) is 11.4 Å². The van der Waals surface area contributed by atoms with E-state index in [4.69, 9.17) is 0 Å². The van der Waals surface area contributed by atoms with Gasteiger partial charge in [-0.05, 0) is 19.9 Å². The molecule has 0 N–H and O–H groups in total. The standard InChI is InChI=1S/C21H17N3O4S/c1-14-3-7-16(8-4-14)21(17-9-5-15(2)6-10-17)22-29-20-12-11-18(23(25)26)13-19(20)24(27)28/h3-13H,1-2H3. The van der Waals surface area contributed by atoms with E-state index in [-0.39, 0.29) is 16.3 Å². The van der Waals surface area contributed by atoms with Gasteiger partial charge in [-0.15, -0.1) is 0 Å². The van der Waals surface area contributed by atoms with Gasteiger partial charge in [-0.1, -0.05) is 59.7 Å². The largest absolute Gasteiger partial charge is 0.291 e. The Hall–Kier alpha value is -3.52. The highest BCUT2D eigenvalue weighted by atomic mass is 32.2. The number of non-ortho nitro benzene ring substituents is 1. The predicted octanol–water partition coefficient (Wildman–Crippen LogP) is 5.66. The molecule has 7 nitrogen and oxygen atoms in total. The monoisotopic (exact) mass is 407 g/mol. The van der Waals surface area contributed by atoms with Gasteiger partial charge in [0.05, 0.1) is 21.6 Å². The zero-order chi connectivity index (χ0) is 21.0. The van der Waals surface area contributed by atoms with Gasteiger partial charge in [0.2, 0.25) is 0 Å². The summed E-state index contributed by atoms with van der Waals surface area (Å²) in [6.45, 7) is 3.98. The lowest BCUT2D eigenvalue weighted by Crippen LogP contribution is -2.03. The molecule has 29 heavy (non-hydrogen) atoms. The van der Waals surface area contributed by atoms with Crippen molar-refractivity contribution in [1.29, 1.82) is 0 Å². The Bertz CT molecular complexity index is 1050. The molecule has 0 aliphatic heterocycles. The molecule has 0 heterocycles. The molecule has 0 aliphatic carbocycles. The maximum Gasteiger partial charge on any atom is 0.291 e. The minimum Gasteiger partial charge on any atom is -0.258 e. The van der Waals surface area contributed by atoms with Crippen LogP contribution in [0.15, 0.2) is 76.0 Å². The van der Waals surface area contributed by atoms with Gasteiger partial charge in [-0.25, -0.2) is 4.40 Å².